The van der Waals surface area contributed by atoms with E-state index >= 15 is 0 Å². The molecular formula is C13H9BrN4O. The first kappa shape index (κ1) is 11.9. The third kappa shape index (κ3) is 2.22. The van der Waals surface area contributed by atoms with E-state index in [2.05, 4.69) is 36.4 Å². The van der Waals surface area contributed by atoms with Crippen LogP contribution in [0.25, 0.3) is 10.8 Å². The van der Waals surface area contributed by atoms with E-state index < -0.39 is 0 Å². The number of anilines is 1. The van der Waals surface area contributed by atoms with E-state index in [1.54, 1.807) is 0 Å². The Hall–Kier alpha value is -2.21. The zero-order chi connectivity index (χ0) is 13.2. The quantitative estimate of drug-likeness (QED) is 0.763. The Morgan fingerprint density at radius 1 is 1.16 bits per heavy atom. The van der Waals surface area contributed by atoms with Crippen LogP contribution in [0.3, 0.4) is 0 Å². The Balaban J connectivity index is 2.02. The molecule has 1 amide bonds. The van der Waals surface area contributed by atoms with Crippen molar-refractivity contribution in [3.05, 3.63) is 53.0 Å². The third-order valence-electron chi connectivity index (χ3n) is 2.75. The summed E-state index contributed by atoms with van der Waals surface area (Å²) in [6.07, 6.45) is 1.30. The van der Waals surface area contributed by atoms with Gasteiger partial charge in [-0.3, -0.25) is 9.89 Å². The van der Waals surface area contributed by atoms with Crippen molar-refractivity contribution in [2.24, 2.45) is 0 Å². The van der Waals surface area contributed by atoms with Crippen LogP contribution in [0.15, 0.2) is 47.2 Å². The van der Waals surface area contributed by atoms with Crippen molar-refractivity contribution < 1.29 is 4.79 Å². The summed E-state index contributed by atoms with van der Waals surface area (Å²) in [6.45, 7) is 0. The number of nitrogens with zero attached hydrogens (tertiary/aromatic N) is 2. The van der Waals surface area contributed by atoms with Crippen LogP contribution in [0.2, 0.25) is 0 Å². The largest absolute Gasteiger partial charge is 0.319 e. The molecule has 2 aromatic carbocycles. The third-order valence-corrected chi connectivity index (χ3v) is 3.44. The minimum atomic E-state index is -0.315. The lowest BCUT2D eigenvalue weighted by Crippen LogP contribution is -2.14. The number of hydrogen-bond donors (Lipinski definition) is 2. The van der Waals surface area contributed by atoms with Gasteiger partial charge in [-0.15, -0.1) is 0 Å². The normalized spacial score (nSPS) is 10.6. The van der Waals surface area contributed by atoms with Crippen LogP contribution in [-0.2, 0) is 0 Å². The van der Waals surface area contributed by atoms with Gasteiger partial charge in [-0.05, 0) is 17.5 Å². The lowest BCUT2D eigenvalue weighted by atomic mass is 10.1. The average molecular weight is 317 g/mol. The summed E-state index contributed by atoms with van der Waals surface area (Å²) in [7, 11) is 0. The Labute approximate surface area is 117 Å². The number of carbonyl (C=O) groups is 1. The maximum absolute atomic E-state index is 11.9. The predicted octanol–water partition coefficient (Wildman–Crippen LogP) is 2.97. The van der Waals surface area contributed by atoms with Gasteiger partial charge < -0.3 is 5.32 Å². The number of carbonyl (C=O) groups excluding carboxylic acids is 1. The Bertz CT molecular complexity index is 739. The molecule has 94 valence electrons. The Kier molecular flexibility index (Phi) is 3.00. The molecule has 0 atom stereocenters. The van der Waals surface area contributed by atoms with E-state index in [0.29, 0.717) is 0 Å². The first-order valence-corrected chi connectivity index (χ1v) is 6.39. The fraction of sp³-hybridized carbons (Fsp3) is 0. The van der Waals surface area contributed by atoms with Crippen LogP contribution < -0.4 is 5.32 Å². The van der Waals surface area contributed by atoms with Crippen LogP contribution in [0.1, 0.15) is 10.6 Å². The van der Waals surface area contributed by atoms with E-state index in [-0.39, 0.29) is 11.7 Å². The molecule has 2 N–H and O–H groups in total. The summed E-state index contributed by atoms with van der Waals surface area (Å²) in [4.78, 5) is 15.8. The number of H-pyrrole nitrogens is 1. The van der Waals surface area contributed by atoms with Crippen molar-refractivity contribution in [1.29, 1.82) is 0 Å². The molecule has 19 heavy (non-hydrogen) atoms. The number of aromatic nitrogens is 3. The van der Waals surface area contributed by atoms with E-state index in [1.165, 1.54) is 6.33 Å². The number of fused-ring (bicyclic) bond motifs is 1. The van der Waals surface area contributed by atoms with Gasteiger partial charge in [0.05, 0.1) is 0 Å². The maximum atomic E-state index is 11.9. The summed E-state index contributed by atoms with van der Waals surface area (Å²) in [5, 5.41) is 11.0. The molecule has 6 heteroatoms. The molecule has 0 unspecified atom stereocenters. The number of benzene rings is 2. The van der Waals surface area contributed by atoms with Crippen LogP contribution in [0.4, 0.5) is 5.69 Å². The highest BCUT2D eigenvalue weighted by molar-refractivity contribution is 9.10. The van der Waals surface area contributed by atoms with Gasteiger partial charge in [0, 0.05) is 15.5 Å². The summed E-state index contributed by atoms with van der Waals surface area (Å²) in [5.41, 5.74) is 0.736. The molecule has 1 heterocycles. The zero-order valence-electron chi connectivity index (χ0n) is 9.72. The van der Waals surface area contributed by atoms with Crippen molar-refractivity contribution in [3.8, 4) is 0 Å². The molecule has 0 fully saturated rings. The summed E-state index contributed by atoms with van der Waals surface area (Å²) < 4.78 is 0.987. The summed E-state index contributed by atoms with van der Waals surface area (Å²) in [6, 6.07) is 11.6. The number of hydrogen-bond acceptors (Lipinski definition) is 3. The van der Waals surface area contributed by atoms with Crippen LogP contribution in [-0.4, -0.2) is 21.1 Å². The standard InChI is InChI=1S/C13H9BrN4O/c14-10-5-6-11(9-4-2-1-3-8(9)10)17-13(19)12-15-7-16-18-12/h1-7H,(H,17,19)(H,15,16,18). The molecule has 0 spiro atoms. The van der Waals surface area contributed by atoms with Crippen LogP contribution in [0.5, 0.6) is 0 Å². The lowest BCUT2D eigenvalue weighted by molar-refractivity contribution is 0.101. The second-order valence-corrected chi connectivity index (χ2v) is 4.78. The first-order chi connectivity index (χ1) is 9.25. The molecule has 0 saturated heterocycles. The summed E-state index contributed by atoms with van der Waals surface area (Å²) in [5.74, 6) is -0.128. The van der Waals surface area contributed by atoms with Gasteiger partial charge in [0.1, 0.15) is 6.33 Å². The van der Waals surface area contributed by atoms with Gasteiger partial charge in [0.15, 0.2) is 0 Å². The molecule has 0 saturated carbocycles. The van der Waals surface area contributed by atoms with Gasteiger partial charge in [-0.2, -0.15) is 5.10 Å². The molecule has 0 aliphatic rings. The highest BCUT2D eigenvalue weighted by Crippen LogP contribution is 2.30. The smallest absolute Gasteiger partial charge is 0.292 e. The molecule has 3 aromatic rings. The van der Waals surface area contributed by atoms with Crippen LogP contribution >= 0.6 is 15.9 Å². The molecule has 0 aliphatic heterocycles. The zero-order valence-corrected chi connectivity index (χ0v) is 11.3. The SMILES string of the molecule is O=C(Nc1ccc(Br)c2ccccc12)c1ncn[nH]1. The fourth-order valence-electron chi connectivity index (χ4n) is 1.87. The van der Waals surface area contributed by atoms with Gasteiger partial charge in [0.25, 0.3) is 5.91 Å². The molecule has 1 aromatic heterocycles. The highest BCUT2D eigenvalue weighted by atomic mass is 79.9. The lowest BCUT2D eigenvalue weighted by Gasteiger charge is -2.08. The van der Waals surface area contributed by atoms with Gasteiger partial charge in [-0.1, -0.05) is 40.2 Å². The maximum Gasteiger partial charge on any atom is 0.292 e. The van der Waals surface area contributed by atoms with E-state index in [4.69, 9.17) is 0 Å². The van der Waals surface area contributed by atoms with Crippen molar-refractivity contribution in [3.63, 3.8) is 0 Å². The predicted molar refractivity (Wildman–Crippen MR) is 76.0 cm³/mol. The average Bonchev–Trinajstić information content (AvgIpc) is 2.96. The second-order valence-electron chi connectivity index (χ2n) is 3.93. The number of rotatable bonds is 2. The Morgan fingerprint density at radius 3 is 2.68 bits per heavy atom. The fourth-order valence-corrected chi connectivity index (χ4v) is 2.35. The Morgan fingerprint density at radius 2 is 1.95 bits per heavy atom. The van der Waals surface area contributed by atoms with Gasteiger partial charge in [0.2, 0.25) is 5.82 Å². The number of aromatic amines is 1. The van der Waals surface area contributed by atoms with Gasteiger partial charge >= 0.3 is 0 Å². The first-order valence-electron chi connectivity index (χ1n) is 5.59. The minimum Gasteiger partial charge on any atom is -0.319 e. The van der Waals surface area contributed by atoms with Crippen molar-refractivity contribution in [2.75, 3.05) is 5.32 Å². The monoisotopic (exact) mass is 316 g/mol. The second kappa shape index (κ2) is 4.81. The van der Waals surface area contributed by atoms with E-state index in [1.807, 2.05) is 36.4 Å². The molecule has 0 radical (unpaired) electrons. The van der Waals surface area contributed by atoms with E-state index in [9.17, 15) is 4.79 Å². The molecular weight excluding hydrogens is 308 g/mol. The molecule has 0 aliphatic carbocycles. The molecule has 3 rings (SSSR count). The molecule has 5 nitrogen and oxygen atoms in total. The minimum absolute atomic E-state index is 0.187. The number of nitrogens with one attached hydrogen (secondary N) is 2. The van der Waals surface area contributed by atoms with Crippen molar-refractivity contribution >= 4 is 38.3 Å². The molecule has 0 bridgehead atoms. The van der Waals surface area contributed by atoms with E-state index in [0.717, 1.165) is 20.9 Å². The number of amides is 1. The van der Waals surface area contributed by atoms with Gasteiger partial charge in [-0.25, -0.2) is 4.98 Å². The van der Waals surface area contributed by atoms with Crippen LogP contribution in [0, 0.1) is 0 Å². The topological polar surface area (TPSA) is 70.7 Å². The summed E-state index contributed by atoms with van der Waals surface area (Å²) >= 11 is 3.49. The highest BCUT2D eigenvalue weighted by Gasteiger charge is 2.11. The number of halogens is 1. The van der Waals surface area contributed by atoms with Crippen molar-refractivity contribution in [2.45, 2.75) is 0 Å². The van der Waals surface area contributed by atoms with Crippen molar-refractivity contribution in [1.82, 2.24) is 15.2 Å².